The van der Waals surface area contributed by atoms with Crippen LogP contribution in [0.25, 0.3) is 0 Å². The van der Waals surface area contributed by atoms with E-state index in [-0.39, 0.29) is 12.0 Å². The predicted molar refractivity (Wildman–Crippen MR) is 93.2 cm³/mol. The Morgan fingerprint density at radius 1 is 1.50 bits per heavy atom. The average molecular weight is 336 g/mol. The lowest BCUT2D eigenvalue weighted by Crippen LogP contribution is -2.44. The first-order valence-electron chi connectivity index (χ1n) is 8.41. The van der Waals surface area contributed by atoms with Gasteiger partial charge in [0, 0.05) is 43.5 Å². The van der Waals surface area contributed by atoms with E-state index in [1.165, 1.54) is 0 Å². The van der Waals surface area contributed by atoms with E-state index >= 15 is 0 Å². The molecule has 134 valence electrons. The summed E-state index contributed by atoms with van der Waals surface area (Å²) < 4.78 is 10.8. The number of rotatable bonds is 8. The summed E-state index contributed by atoms with van der Waals surface area (Å²) in [5, 5.41) is 16.0. The van der Waals surface area contributed by atoms with Gasteiger partial charge in [0.25, 0.3) is 0 Å². The summed E-state index contributed by atoms with van der Waals surface area (Å²) in [4.78, 5) is 8.80. The van der Waals surface area contributed by atoms with Crippen molar-refractivity contribution in [2.24, 2.45) is 10.4 Å². The van der Waals surface area contributed by atoms with Crippen LogP contribution in [-0.4, -0.2) is 56.1 Å². The molecule has 1 aliphatic rings. The van der Waals surface area contributed by atoms with E-state index in [4.69, 9.17) is 9.47 Å². The van der Waals surface area contributed by atoms with Gasteiger partial charge in [0.15, 0.2) is 5.96 Å². The molecule has 0 aromatic carbocycles. The van der Waals surface area contributed by atoms with Crippen LogP contribution >= 0.6 is 0 Å². The average Bonchev–Trinajstić information content (AvgIpc) is 3.07. The number of hydrogen-bond acceptors (Lipinski definition) is 5. The Kier molecular flexibility index (Phi) is 7.27. The van der Waals surface area contributed by atoms with Gasteiger partial charge < -0.3 is 25.2 Å². The van der Waals surface area contributed by atoms with Crippen LogP contribution in [0.3, 0.4) is 0 Å². The largest absolute Gasteiger partial charge is 0.481 e. The summed E-state index contributed by atoms with van der Waals surface area (Å²) in [6, 6.07) is 3.83. The summed E-state index contributed by atoms with van der Waals surface area (Å²) in [6.07, 6.45) is 3.39. The van der Waals surface area contributed by atoms with Crippen LogP contribution < -0.4 is 15.4 Å². The highest BCUT2D eigenvalue weighted by molar-refractivity contribution is 5.79. The lowest BCUT2D eigenvalue weighted by atomic mass is 9.84. The smallest absolute Gasteiger partial charge is 0.218 e. The molecular weight excluding hydrogens is 308 g/mol. The Balaban J connectivity index is 2.00. The molecule has 3 N–H and O–H groups in total. The summed E-state index contributed by atoms with van der Waals surface area (Å²) >= 11 is 0. The number of nitrogens with zero attached hydrogens (tertiary/aromatic N) is 2. The Labute approximate surface area is 143 Å². The molecule has 1 fully saturated rings. The molecule has 2 heterocycles. The van der Waals surface area contributed by atoms with Gasteiger partial charge in [-0.15, -0.1) is 0 Å². The number of hydrogen-bond donors (Lipinski definition) is 3. The maximum absolute atomic E-state index is 9.32. The Morgan fingerprint density at radius 3 is 3.04 bits per heavy atom. The number of aliphatic hydroxyl groups is 1. The van der Waals surface area contributed by atoms with Gasteiger partial charge in [-0.1, -0.05) is 6.07 Å². The number of guanidine groups is 1. The maximum Gasteiger partial charge on any atom is 0.218 e. The van der Waals surface area contributed by atoms with E-state index in [2.05, 4.69) is 20.6 Å². The molecule has 0 bridgehead atoms. The minimum absolute atomic E-state index is 0.0169. The summed E-state index contributed by atoms with van der Waals surface area (Å²) in [7, 11) is 1.61. The van der Waals surface area contributed by atoms with Gasteiger partial charge in [-0.05, 0) is 25.8 Å². The number of aromatic nitrogens is 1. The Hall–Kier alpha value is -1.86. The molecule has 24 heavy (non-hydrogen) atoms. The normalized spacial score (nSPS) is 20.9. The molecule has 0 aliphatic carbocycles. The standard InChI is InChI=1S/C17H28N4O3/c1-3-18-16(20-11-14-5-4-8-19-15(14)23-2)21-12-17(6-9-22)7-10-24-13-17/h4-5,8,22H,3,6-7,9-13H2,1-2H3,(H2,18,20,21). The lowest BCUT2D eigenvalue weighted by Gasteiger charge is -2.27. The SMILES string of the molecule is CCNC(=NCc1cccnc1OC)NCC1(CCO)CCOC1. The van der Waals surface area contributed by atoms with Gasteiger partial charge in [-0.25, -0.2) is 9.98 Å². The Morgan fingerprint density at radius 2 is 2.38 bits per heavy atom. The molecule has 2 rings (SSSR count). The van der Waals surface area contributed by atoms with E-state index in [1.54, 1.807) is 13.3 Å². The Bertz CT molecular complexity index is 530. The zero-order valence-electron chi connectivity index (χ0n) is 14.5. The van der Waals surface area contributed by atoms with Crippen molar-refractivity contribution in [3.8, 4) is 5.88 Å². The van der Waals surface area contributed by atoms with E-state index < -0.39 is 0 Å². The van der Waals surface area contributed by atoms with Crippen molar-refractivity contribution < 1.29 is 14.6 Å². The van der Waals surface area contributed by atoms with Crippen molar-refractivity contribution in [3.63, 3.8) is 0 Å². The molecule has 0 saturated carbocycles. The van der Waals surface area contributed by atoms with Crippen molar-refractivity contribution in [2.75, 3.05) is 40.0 Å². The van der Waals surface area contributed by atoms with Crippen LogP contribution in [0.4, 0.5) is 0 Å². The highest BCUT2D eigenvalue weighted by Crippen LogP contribution is 2.31. The van der Waals surface area contributed by atoms with Crippen molar-refractivity contribution in [2.45, 2.75) is 26.3 Å². The number of ether oxygens (including phenoxy) is 2. The first-order valence-corrected chi connectivity index (χ1v) is 8.41. The van der Waals surface area contributed by atoms with E-state index in [0.717, 1.165) is 44.1 Å². The first-order chi connectivity index (χ1) is 11.7. The zero-order valence-corrected chi connectivity index (χ0v) is 14.5. The second-order valence-corrected chi connectivity index (χ2v) is 6.00. The van der Waals surface area contributed by atoms with Gasteiger partial charge in [-0.3, -0.25) is 0 Å². The molecule has 1 aliphatic heterocycles. The topological polar surface area (TPSA) is 88.0 Å². The molecule has 1 aromatic heterocycles. The van der Waals surface area contributed by atoms with Crippen LogP contribution in [-0.2, 0) is 11.3 Å². The summed E-state index contributed by atoms with van der Waals surface area (Å²) in [5.74, 6) is 1.34. The third kappa shape index (κ3) is 5.07. The van der Waals surface area contributed by atoms with Gasteiger partial charge >= 0.3 is 0 Å². The maximum atomic E-state index is 9.32. The summed E-state index contributed by atoms with van der Waals surface area (Å²) in [6.45, 7) is 5.62. The van der Waals surface area contributed by atoms with E-state index in [1.807, 2.05) is 19.1 Å². The molecule has 7 heteroatoms. The van der Waals surface area contributed by atoms with Crippen molar-refractivity contribution in [1.29, 1.82) is 0 Å². The third-order valence-corrected chi connectivity index (χ3v) is 4.25. The molecule has 0 radical (unpaired) electrons. The monoisotopic (exact) mass is 336 g/mol. The van der Waals surface area contributed by atoms with Crippen LogP contribution in [0.2, 0.25) is 0 Å². The molecule has 1 aromatic rings. The van der Waals surface area contributed by atoms with Crippen LogP contribution in [0.1, 0.15) is 25.3 Å². The second-order valence-electron chi connectivity index (χ2n) is 6.00. The molecule has 1 unspecified atom stereocenters. The number of aliphatic hydroxyl groups excluding tert-OH is 1. The van der Waals surface area contributed by atoms with Gasteiger partial charge in [-0.2, -0.15) is 0 Å². The number of aliphatic imine (C=N–C) groups is 1. The molecule has 0 spiro atoms. The molecule has 0 amide bonds. The van der Waals surface area contributed by atoms with Crippen LogP contribution in [0, 0.1) is 5.41 Å². The fraction of sp³-hybridized carbons (Fsp3) is 0.647. The first kappa shape index (κ1) is 18.5. The van der Waals surface area contributed by atoms with E-state index in [9.17, 15) is 5.11 Å². The van der Waals surface area contributed by atoms with E-state index in [0.29, 0.717) is 19.0 Å². The predicted octanol–water partition coefficient (Wildman–Crippen LogP) is 0.934. The highest BCUT2D eigenvalue weighted by Gasteiger charge is 2.34. The lowest BCUT2D eigenvalue weighted by molar-refractivity contribution is 0.127. The zero-order chi connectivity index (χ0) is 17.3. The molecule has 1 atom stereocenters. The minimum Gasteiger partial charge on any atom is -0.481 e. The van der Waals surface area contributed by atoms with Crippen molar-refractivity contribution in [3.05, 3.63) is 23.9 Å². The van der Waals surface area contributed by atoms with Gasteiger partial charge in [0.05, 0.1) is 20.3 Å². The number of pyridine rings is 1. The number of methoxy groups -OCH3 is 1. The third-order valence-electron chi connectivity index (χ3n) is 4.25. The minimum atomic E-state index is -0.0169. The molecule has 7 nitrogen and oxygen atoms in total. The highest BCUT2D eigenvalue weighted by atomic mass is 16.5. The van der Waals surface area contributed by atoms with Gasteiger partial charge in [0.2, 0.25) is 5.88 Å². The molecule has 1 saturated heterocycles. The quantitative estimate of drug-likeness (QED) is 0.484. The second kappa shape index (κ2) is 9.44. The molecular formula is C17H28N4O3. The van der Waals surface area contributed by atoms with Crippen LogP contribution in [0.15, 0.2) is 23.3 Å². The summed E-state index contributed by atoms with van der Waals surface area (Å²) in [5.41, 5.74) is 0.920. The number of nitrogens with one attached hydrogen (secondary N) is 2. The fourth-order valence-electron chi connectivity index (χ4n) is 2.82. The van der Waals surface area contributed by atoms with Crippen molar-refractivity contribution >= 4 is 5.96 Å². The van der Waals surface area contributed by atoms with Gasteiger partial charge in [0.1, 0.15) is 0 Å². The van der Waals surface area contributed by atoms with Crippen molar-refractivity contribution in [1.82, 2.24) is 15.6 Å². The van der Waals surface area contributed by atoms with Crippen LogP contribution in [0.5, 0.6) is 5.88 Å². The fourth-order valence-corrected chi connectivity index (χ4v) is 2.82.